The predicted molar refractivity (Wildman–Crippen MR) is 123 cm³/mol. The van der Waals surface area contributed by atoms with Gasteiger partial charge in [0.1, 0.15) is 5.82 Å². The van der Waals surface area contributed by atoms with Gasteiger partial charge >= 0.3 is 6.03 Å². The average molecular weight is 431 g/mol. The number of hydrogen-bond acceptors (Lipinski definition) is 7. The molecule has 3 aromatic rings. The van der Waals surface area contributed by atoms with Gasteiger partial charge in [-0.3, -0.25) is 0 Å². The summed E-state index contributed by atoms with van der Waals surface area (Å²) in [6, 6.07) is 9.48. The van der Waals surface area contributed by atoms with Gasteiger partial charge in [-0.25, -0.2) is 24.7 Å². The summed E-state index contributed by atoms with van der Waals surface area (Å²) in [5.41, 5.74) is 10.1. The van der Waals surface area contributed by atoms with Gasteiger partial charge in [0.15, 0.2) is 5.82 Å². The second-order valence-electron chi connectivity index (χ2n) is 8.12. The van der Waals surface area contributed by atoms with Crippen molar-refractivity contribution in [2.45, 2.75) is 44.7 Å². The number of nitrogen functional groups attached to an aromatic ring is 1. The molecule has 2 unspecified atom stereocenters. The fourth-order valence-corrected chi connectivity index (χ4v) is 4.74. The molecule has 32 heavy (non-hydrogen) atoms. The molecular weight excluding hydrogens is 404 g/mol. The molecule has 164 valence electrons. The van der Waals surface area contributed by atoms with E-state index in [-0.39, 0.29) is 12.1 Å². The topological polar surface area (TPSA) is 122 Å². The molecule has 0 radical (unpaired) electrons. The van der Waals surface area contributed by atoms with Gasteiger partial charge in [-0.05, 0) is 56.5 Å². The predicted octanol–water partition coefficient (Wildman–Crippen LogP) is 3.31. The molecule has 4 N–H and O–H groups in total. The summed E-state index contributed by atoms with van der Waals surface area (Å²) >= 11 is 0. The van der Waals surface area contributed by atoms with E-state index in [1.54, 1.807) is 12.4 Å². The number of rotatable bonds is 4. The number of nitrogens with one attached hydrogen (secondary N) is 2. The second kappa shape index (κ2) is 8.41. The number of aromatic nitrogens is 4. The highest BCUT2D eigenvalue weighted by Crippen LogP contribution is 2.44. The molecule has 5 rings (SSSR count). The van der Waals surface area contributed by atoms with Crippen LogP contribution >= 0.6 is 0 Å². The van der Waals surface area contributed by atoms with Crippen molar-refractivity contribution >= 4 is 23.5 Å². The standard InChI is InChI=1S/C23H26N8O/c1-2-25-23(32)28-15-9-7-14(8-10-15)21-29-17-13-16-5-3-6-18(19(17)20(24)30-21)31(16)22-26-11-4-12-27-22/h4,7-12,16,18H,2-3,5-6,13H2,1H3,(H2,24,29,30)(H2,25,28,32). The Kier molecular flexibility index (Phi) is 5.30. The van der Waals surface area contributed by atoms with Crippen LogP contribution in [-0.2, 0) is 6.42 Å². The molecule has 9 heteroatoms. The molecule has 0 spiro atoms. The number of amides is 2. The summed E-state index contributed by atoms with van der Waals surface area (Å²) in [6.45, 7) is 2.45. The van der Waals surface area contributed by atoms with Gasteiger partial charge in [-0.1, -0.05) is 0 Å². The van der Waals surface area contributed by atoms with Gasteiger partial charge in [0.25, 0.3) is 0 Å². The fourth-order valence-electron chi connectivity index (χ4n) is 4.74. The van der Waals surface area contributed by atoms with Crippen LogP contribution in [0.1, 0.15) is 43.5 Å². The highest BCUT2D eigenvalue weighted by Gasteiger charge is 2.41. The lowest BCUT2D eigenvalue weighted by Crippen LogP contribution is -2.48. The van der Waals surface area contributed by atoms with Crippen LogP contribution in [0.5, 0.6) is 0 Å². The smallest absolute Gasteiger partial charge is 0.319 e. The van der Waals surface area contributed by atoms with Crippen LogP contribution in [0, 0.1) is 0 Å². The quantitative estimate of drug-likeness (QED) is 0.580. The maximum Gasteiger partial charge on any atom is 0.319 e. The summed E-state index contributed by atoms with van der Waals surface area (Å²) in [5, 5.41) is 5.51. The number of nitrogens with zero attached hydrogens (tertiary/aromatic N) is 5. The zero-order valence-electron chi connectivity index (χ0n) is 18.0. The highest BCUT2D eigenvalue weighted by atomic mass is 16.2. The molecule has 1 aromatic carbocycles. The molecule has 2 atom stereocenters. The van der Waals surface area contributed by atoms with Gasteiger partial charge in [0.05, 0.1) is 11.7 Å². The lowest BCUT2D eigenvalue weighted by atomic mass is 9.82. The Morgan fingerprint density at radius 2 is 1.94 bits per heavy atom. The number of benzene rings is 1. The first-order valence-electron chi connectivity index (χ1n) is 11.0. The Labute approximate surface area is 186 Å². The van der Waals surface area contributed by atoms with Crippen molar-refractivity contribution in [3.05, 3.63) is 54.0 Å². The van der Waals surface area contributed by atoms with Crippen molar-refractivity contribution in [1.29, 1.82) is 0 Å². The van der Waals surface area contributed by atoms with E-state index in [1.807, 2.05) is 37.3 Å². The molecule has 2 aliphatic heterocycles. The SMILES string of the molecule is CCNC(=O)Nc1ccc(-c2nc(N)c3c(n2)CC2CCCC3N2c2ncccn2)cc1. The van der Waals surface area contributed by atoms with Crippen molar-refractivity contribution in [2.75, 3.05) is 22.5 Å². The number of hydrogen-bond donors (Lipinski definition) is 3. The first kappa shape index (κ1) is 20.2. The number of fused-ring (bicyclic) bond motifs is 4. The summed E-state index contributed by atoms with van der Waals surface area (Å²) in [6.07, 6.45) is 7.55. The Hall–Kier alpha value is -3.75. The Bertz CT molecular complexity index is 1120. The zero-order valence-corrected chi connectivity index (χ0v) is 18.0. The number of nitrogens with two attached hydrogens (primary N) is 1. The molecule has 0 saturated carbocycles. The van der Waals surface area contributed by atoms with Crippen LogP contribution in [0.3, 0.4) is 0 Å². The maximum atomic E-state index is 11.7. The van der Waals surface area contributed by atoms with Gasteiger partial charge in [0.2, 0.25) is 5.95 Å². The third-order valence-electron chi connectivity index (χ3n) is 6.08. The Morgan fingerprint density at radius 3 is 2.69 bits per heavy atom. The Morgan fingerprint density at radius 1 is 1.16 bits per heavy atom. The van der Waals surface area contributed by atoms with Crippen molar-refractivity contribution in [1.82, 2.24) is 25.3 Å². The zero-order chi connectivity index (χ0) is 22.1. The van der Waals surface area contributed by atoms with E-state index in [9.17, 15) is 4.79 Å². The highest BCUT2D eigenvalue weighted by molar-refractivity contribution is 5.89. The van der Waals surface area contributed by atoms with Crippen LogP contribution in [0.25, 0.3) is 11.4 Å². The number of piperidine rings is 1. The molecule has 1 fully saturated rings. The molecule has 0 aliphatic carbocycles. The average Bonchev–Trinajstić information content (AvgIpc) is 2.79. The third kappa shape index (κ3) is 3.70. The number of anilines is 3. The molecule has 9 nitrogen and oxygen atoms in total. The minimum absolute atomic E-state index is 0.0950. The summed E-state index contributed by atoms with van der Waals surface area (Å²) in [4.78, 5) is 32.6. The minimum atomic E-state index is -0.229. The van der Waals surface area contributed by atoms with Crippen LogP contribution in [0.15, 0.2) is 42.7 Å². The summed E-state index contributed by atoms with van der Waals surface area (Å²) < 4.78 is 0. The van der Waals surface area contributed by atoms with Crippen LogP contribution in [0.2, 0.25) is 0 Å². The van der Waals surface area contributed by atoms with E-state index in [1.165, 1.54) is 0 Å². The molecule has 4 heterocycles. The fraction of sp³-hybridized carbons (Fsp3) is 0.348. The van der Waals surface area contributed by atoms with Gasteiger partial charge in [0, 0.05) is 48.2 Å². The Balaban J connectivity index is 1.45. The molecule has 1 saturated heterocycles. The monoisotopic (exact) mass is 430 g/mol. The van der Waals surface area contributed by atoms with Crippen molar-refractivity contribution in [3.63, 3.8) is 0 Å². The summed E-state index contributed by atoms with van der Waals surface area (Å²) in [7, 11) is 0. The molecule has 2 aliphatic rings. The third-order valence-corrected chi connectivity index (χ3v) is 6.08. The second-order valence-corrected chi connectivity index (χ2v) is 8.12. The molecule has 2 aromatic heterocycles. The maximum absolute atomic E-state index is 11.7. The number of carbonyl (C=O) groups excluding carboxylic acids is 1. The lowest BCUT2D eigenvalue weighted by molar-refractivity contribution is 0.252. The van der Waals surface area contributed by atoms with Gasteiger partial charge in [-0.2, -0.15) is 0 Å². The number of urea groups is 1. The lowest BCUT2D eigenvalue weighted by Gasteiger charge is -2.46. The van der Waals surface area contributed by atoms with E-state index in [4.69, 9.17) is 10.7 Å². The van der Waals surface area contributed by atoms with Crippen molar-refractivity contribution in [2.24, 2.45) is 0 Å². The minimum Gasteiger partial charge on any atom is -0.383 e. The van der Waals surface area contributed by atoms with Crippen molar-refractivity contribution in [3.8, 4) is 11.4 Å². The van der Waals surface area contributed by atoms with E-state index in [0.29, 0.717) is 29.9 Å². The van der Waals surface area contributed by atoms with Crippen LogP contribution in [0.4, 0.5) is 22.2 Å². The first-order valence-corrected chi connectivity index (χ1v) is 11.0. The van der Waals surface area contributed by atoms with Crippen LogP contribution < -0.4 is 21.3 Å². The van der Waals surface area contributed by atoms with E-state index < -0.39 is 0 Å². The molecule has 2 amide bonds. The molecule has 2 bridgehead atoms. The first-order chi connectivity index (χ1) is 15.6. The van der Waals surface area contributed by atoms with E-state index >= 15 is 0 Å². The van der Waals surface area contributed by atoms with Crippen molar-refractivity contribution < 1.29 is 4.79 Å². The normalized spacial score (nSPS) is 19.2. The van der Waals surface area contributed by atoms with E-state index in [0.717, 1.165) is 48.5 Å². The van der Waals surface area contributed by atoms with E-state index in [2.05, 4.69) is 30.5 Å². The number of carbonyl (C=O) groups is 1. The molecular formula is C23H26N8O. The van der Waals surface area contributed by atoms with Gasteiger partial charge < -0.3 is 21.3 Å². The summed E-state index contributed by atoms with van der Waals surface area (Å²) in [5.74, 6) is 1.86. The van der Waals surface area contributed by atoms with Gasteiger partial charge in [-0.15, -0.1) is 0 Å². The largest absolute Gasteiger partial charge is 0.383 e. The van der Waals surface area contributed by atoms with Crippen LogP contribution in [-0.4, -0.2) is 38.6 Å².